The van der Waals surface area contributed by atoms with Gasteiger partial charge in [0.2, 0.25) is 0 Å². The number of ketones is 1. The number of rotatable bonds is 3. The number of thiophene rings is 1. The van der Waals surface area contributed by atoms with Gasteiger partial charge in [-0.1, -0.05) is 24.3 Å². The van der Waals surface area contributed by atoms with Gasteiger partial charge in [-0.15, -0.1) is 22.9 Å². The third kappa shape index (κ3) is 1.76. The van der Waals surface area contributed by atoms with Crippen LogP contribution in [0, 0.1) is 0 Å². The number of halogens is 1. The molecule has 0 aliphatic heterocycles. The van der Waals surface area contributed by atoms with Crippen LogP contribution >= 0.6 is 22.9 Å². The highest BCUT2D eigenvalue weighted by Crippen LogP contribution is 2.33. The molecule has 0 spiro atoms. The Kier molecular flexibility index (Phi) is 2.94. The Morgan fingerprint density at radius 1 is 1.22 bits per heavy atom. The molecule has 3 aromatic rings. The molecule has 0 radical (unpaired) electrons. The zero-order valence-corrected chi connectivity index (χ0v) is 11.0. The summed E-state index contributed by atoms with van der Waals surface area (Å²) in [6.07, 6.45) is 0. The molecular formula is C14H10ClNOS. The Balaban J connectivity index is 2.33. The van der Waals surface area contributed by atoms with E-state index < -0.39 is 0 Å². The second-order valence-electron chi connectivity index (χ2n) is 3.95. The lowest BCUT2D eigenvalue weighted by Gasteiger charge is -1.99. The number of fused-ring (bicyclic) bond motifs is 1. The Hall–Kier alpha value is -1.58. The molecular weight excluding hydrogens is 266 g/mol. The van der Waals surface area contributed by atoms with Crippen LogP contribution in [0.5, 0.6) is 0 Å². The number of Topliss-reactive ketones (excluding diaryl/α,β-unsaturated/α-hetero) is 1. The van der Waals surface area contributed by atoms with Crippen molar-refractivity contribution in [1.29, 1.82) is 0 Å². The summed E-state index contributed by atoms with van der Waals surface area (Å²) in [5.41, 5.74) is 2.54. The predicted molar refractivity (Wildman–Crippen MR) is 76.7 cm³/mol. The third-order valence-electron chi connectivity index (χ3n) is 2.87. The van der Waals surface area contributed by atoms with Gasteiger partial charge < -0.3 is 4.98 Å². The summed E-state index contributed by atoms with van der Waals surface area (Å²) in [4.78, 5) is 16.4. The number of carbonyl (C=O) groups excluding carboxylic acids is 1. The molecule has 18 heavy (non-hydrogen) atoms. The minimum atomic E-state index is -0.0440. The van der Waals surface area contributed by atoms with Gasteiger partial charge in [-0.05, 0) is 17.5 Å². The first-order valence-electron chi connectivity index (χ1n) is 5.55. The van der Waals surface area contributed by atoms with Crippen LogP contribution < -0.4 is 0 Å². The fraction of sp³-hybridized carbons (Fsp3) is 0.0714. The number of H-pyrrole nitrogens is 1. The van der Waals surface area contributed by atoms with Crippen LogP contribution in [0.2, 0.25) is 0 Å². The van der Waals surface area contributed by atoms with Crippen LogP contribution in [-0.2, 0) is 0 Å². The van der Waals surface area contributed by atoms with Gasteiger partial charge >= 0.3 is 0 Å². The number of aromatic amines is 1. The number of alkyl halides is 1. The minimum Gasteiger partial charge on any atom is -0.353 e. The lowest BCUT2D eigenvalue weighted by molar-refractivity contribution is 0.102. The van der Waals surface area contributed by atoms with Crippen molar-refractivity contribution in [3.63, 3.8) is 0 Å². The number of hydrogen-bond donors (Lipinski definition) is 1. The summed E-state index contributed by atoms with van der Waals surface area (Å²) in [5.74, 6) is -0.0437. The average molecular weight is 276 g/mol. The van der Waals surface area contributed by atoms with E-state index in [1.54, 1.807) is 11.3 Å². The van der Waals surface area contributed by atoms with E-state index in [4.69, 9.17) is 11.6 Å². The average Bonchev–Trinajstić information content (AvgIpc) is 3.04. The lowest BCUT2D eigenvalue weighted by Crippen LogP contribution is -2.00. The van der Waals surface area contributed by atoms with Gasteiger partial charge in [-0.3, -0.25) is 4.79 Å². The Morgan fingerprint density at radius 2 is 2.06 bits per heavy atom. The topological polar surface area (TPSA) is 32.9 Å². The van der Waals surface area contributed by atoms with Gasteiger partial charge in [0.15, 0.2) is 5.78 Å². The zero-order chi connectivity index (χ0) is 12.5. The maximum Gasteiger partial charge on any atom is 0.180 e. The number of nitrogens with one attached hydrogen (secondary N) is 1. The van der Waals surface area contributed by atoms with E-state index >= 15 is 0 Å². The van der Waals surface area contributed by atoms with Gasteiger partial charge in [-0.2, -0.15) is 0 Å². The number of aromatic nitrogens is 1. The van der Waals surface area contributed by atoms with Crippen molar-refractivity contribution in [2.45, 2.75) is 0 Å². The summed E-state index contributed by atoms with van der Waals surface area (Å²) in [5, 5.41) is 2.93. The van der Waals surface area contributed by atoms with Crippen LogP contribution in [0.4, 0.5) is 0 Å². The Labute approximate surface area is 113 Å². The standard InChI is InChI=1S/C14H10ClNOS/c15-8-11(17)13-9-4-1-2-5-10(9)16-14(13)12-6-3-7-18-12/h1-7,16H,8H2. The molecule has 0 amide bonds. The van der Waals surface area contributed by atoms with E-state index in [1.807, 2.05) is 41.8 Å². The summed E-state index contributed by atoms with van der Waals surface area (Å²) in [6.45, 7) is 0. The summed E-state index contributed by atoms with van der Waals surface area (Å²) >= 11 is 7.32. The van der Waals surface area contributed by atoms with Gasteiger partial charge in [0.05, 0.1) is 22.0 Å². The Bertz CT molecular complexity index is 700. The van der Waals surface area contributed by atoms with Gasteiger partial charge in [0.1, 0.15) is 0 Å². The molecule has 2 nitrogen and oxygen atoms in total. The molecule has 0 aliphatic carbocycles. The first kappa shape index (κ1) is 11.5. The van der Waals surface area contributed by atoms with E-state index in [2.05, 4.69) is 4.98 Å². The van der Waals surface area contributed by atoms with Gasteiger partial charge in [-0.25, -0.2) is 0 Å². The van der Waals surface area contributed by atoms with Crippen LogP contribution in [0.15, 0.2) is 41.8 Å². The highest BCUT2D eigenvalue weighted by atomic mass is 35.5. The molecule has 2 heterocycles. The fourth-order valence-electron chi connectivity index (χ4n) is 2.10. The maximum atomic E-state index is 12.1. The molecule has 0 unspecified atom stereocenters. The van der Waals surface area contributed by atoms with Crippen molar-refractivity contribution >= 4 is 39.6 Å². The molecule has 90 valence electrons. The van der Waals surface area contributed by atoms with E-state index in [1.165, 1.54) is 0 Å². The highest BCUT2D eigenvalue weighted by molar-refractivity contribution is 7.13. The molecule has 4 heteroatoms. The molecule has 0 saturated carbocycles. The molecule has 0 saturated heterocycles. The van der Waals surface area contributed by atoms with Crippen LogP contribution in [0.1, 0.15) is 10.4 Å². The summed E-state index contributed by atoms with van der Waals surface area (Å²) in [6, 6.07) is 11.8. The molecule has 3 rings (SSSR count). The smallest absolute Gasteiger partial charge is 0.180 e. The van der Waals surface area contributed by atoms with Crippen LogP contribution in [0.25, 0.3) is 21.5 Å². The molecule has 0 fully saturated rings. The predicted octanol–water partition coefficient (Wildman–Crippen LogP) is 4.32. The molecule has 0 aliphatic rings. The summed E-state index contributed by atoms with van der Waals surface area (Å²) in [7, 11) is 0. The van der Waals surface area contributed by atoms with Gasteiger partial charge in [0, 0.05) is 10.9 Å². The van der Waals surface area contributed by atoms with Crippen molar-refractivity contribution in [3.05, 3.63) is 47.3 Å². The van der Waals surface area contributed by atoms with Crippen LogP contribution in [0.3, 0.4) is 0 Å². The van der Waals surface area contributed by atoms with Gasteiger partial charge in [0.25, 0.3) is 0 Å². The molecule has 1 N–H and O–H groups in total. The highest BCUT2D eigenvalue weighted by Gasteiger charge is 2.18. The van der Waals surface area contributed by atoms with E-state index in [0.29, 0.717) is 5.56 Å². The molecule has 2 aromatic heterocycles. The normalized spacial score (nSPS) is 10.9. The van der Waals surface area contributed by atoms with E-state index in [-0.39, 0.29) is 11.7 Å². The van der Waals surface area contributed by atoms with Crippen molar-refractivity contribution in [2.75, 3.05) is 5.88 Å². The summed E-state index contributed by atoms with van der Waals surface area (Å²) < 4.78 is 0. The first-order valence-corrected chi connectivity index (χ1v) is 6.96. The first-order chi connectivity index (χ1) is 8.81. The maximum absolute atomic E-state index is 12.1. The Morgan fingerprint density at radius 3 is 2.78 bits per heavy atom. The third-order valence-corrected chi connectivity index (χ3v) is 4.00. The molecule has 0 bridgehead atoms. The second kappa shape index (κ2) is 4.59. The van der Waals surface area contributed by atoms with Crippen molar-refractivity contribution < 1.29 is 4.79 Å². The fourth-order valence-corrected chi connectivity index (χ4v) is 2.97. The minimum absolute atomic E-state index is 0.000221. The SMILES string of the molecule is O=C(CCl)c1c(-c2cccs2)[nH]c2ccccc12. The van der Waals surface area contributed by atoms with Crippen molar-refractivity contribution in [3.8, 4) is 10.6 Å². The zero-order valence-electron chi connectivity index (χ0n) is 9.44. The van der Waals surface area contributed by atoms with E-state index in [0.717, 1.165) is 21.5 Å². The lowest BCUT2D eigenvalue weighted by atomic mass is 10.1. The number of carbonyl (C=O) groups is 1. The van der Waals surface area contributed by atoms with Crippen molar-refractivity contribution in [2.24, 2.45) is 0 Å². The molecule has 1 aromatic carbocycles. The quantitative estimate of drug-likeness (QED) is 0.560. The monoisotopic (exact) mass is 275 g/mol. The second-order valence-corrected chi connectivity index (χ2v) is 5.17. The molecule has 0 atom stereocenters. The van der Waals surface area contributed by atoms with Crippen molar-refractivity contribution in [1.82, 2.24) is 4.98 Å². The number of benzene rings is 1. The number of para-hydroxylation sites is 1. The number of hydrogen-bond acceptors (Lipinski definition) is 2. The van der Waals surface area contributed by atoms with E-state index in [9.17, 15) is 4.79 Å². The largest absolute Gasteiger partial charge is 0.353 e. The van der Waals surface area contributed by atoms with Crippen LogP contribution in [-0.4, -0.2) is 16.6 Å².